The van der Waals surface area contributed by atoms with Crippen LogP contribution in [-0.4, -0.2) is 13.4 Å². The molecule has 23 heavy (non-hydrogen) atoms. The molecule has 2 aromatic carbocycles. The fraction of sp³-hybridized carbons (Fsp3) is 0.111. The molecule has 0 bridgehead atoms. The highest BCUT2D eigenvalue weighted by Crippen LogP contribution is 2.35. The van der Waals surface area contributed by atoms with Gasteiger partial charge in [0.1, 0.15) is 0 Å². The van der Waals surface area contributed by atoms with Crippen LogP contribution >= 0.6 is 0 Å². The van der Waals surface area contributed by atoms with Crippen molar-refractivity contribution in [1.82, 2.24) is 4.98 Å². The molecule has 4 nitrogen and oxygen atoms in total. The molecule has 0 fully saturated rings. The maximum Gasteiger partial charge on any atom is 0.254 e. The number of fused-ring (bicyclic) bond motifs is 1. The van der Waals surface area contributed by atoms with Crippen molar-refractivity contribution in [3.8, 4) is 11.1 Å². The number of hydrogen-bond acceptors (Lipinski definition) is 2. The highest BCUT2D eigenvalue weighted by Gasteiger charge is 2.13. The second-order valence-electron chi connectivity index (χ2n) is 5.49. The third-order valence-electron chi connectivity index (χ3n) is 4.00. The van der Waals surface area contributed by atoms with Gasteiger partial charge in [0, 0.05) is 22.5 Å². The molecule has 0 aliphatic rings. The number of aryl methyl sites for hydroxylation is 1. The topological polar surface area (TPSA) is 62.0 Å². The molecular formula is C18H18N2O2S. The van der Waals surface area contributed by atoms with Gasteiger partial charge in [0.25, 0.3) is 10.0 Å². The standard InChI is InChI=1S/C18H18N2O2S/c1-4-23(21,22)20-16-9-5-7-14(13(16)3)15-8-6-10-17-18(15)12(2)11-19-17/h4-11,19-20H,1H2,2-3H3. The summed E-state index contributed by atoms with van der Waals surface area (Å²) in [4.78, 5) is 3.25. The van der Waals surface area contributed by atoms with Gasteiger partial charge in [-0.1, -0.05) is 30.8 Å². The van der Waals surface area contributed by atoms with Crippen LogP contribution < -0.4 is 4.72 Å². The Kier molecular flexibility index (Phi) is 3.74. The fourth-order valence-corrected chi connectivity index (χ4v) is 3.42. The first-order chi connectivity index (χ1) is 10.9. The van der Waals surface area contributed by atoms with E-state index in [-0.39, 0.29) is 0 Å². The van der Waals surface area contributed by atoms with Crippen LogP contribution in [0.1, 0.15) is 11.1 Å². The number of sulfonamides is 1. The summed E-state index contributed by atoms with van der Waals surface area (Å²) in [5.74, 6) is 0. The van der Waals surface area contributed by atoms with E-state index in [0.29, 0.717) is 5.69 Å². The summed E-state index contributed by atoms with van der Waals surface area (Å²) in [6.07, 6.45) is 1.98. The zero-order chi connectivity index (χ0) is 16.6. The van der Waals surface area contributed by atoms with E-state index >= 15 is 0 Å². The maximum absolute atomic E-state index is 11.8. The quantitative estimate of drug-likeness (QED) is 0.749. The second-order valence-corrected chi connectivity index (χ2v) is 7.12. The van der Waals surface area contributed by atoms with E-state index in [2.05, 4.69) is 29.3 Å². The lowest BCUT2D eigenvalue weighted by molar-refractivity contribution is 0.609. The Balaban J connectivity index is 2.21. The summed E-state index contributed by atoms with van der Waals surface area (Å²) in [5.41, 5.74) is 5.75. The summed E-state index contributed by atoms with van der Waals surface area (Å²) in [6, 6.07) is 11.7. The summed E-state index contributed by atoms with van der Waals surface area (Å²) >= 11 is 0. The molecular weight excluding hydrogens is 308 g/mol. The Morgan fingerprint density at radius 3 is 2.52 bits per heavy atom. The Morgan fingerprint density at radius 1 is 1.09 bits per heavy atom. The van der Waals surface area contributed by atoms with E-state index < -0.39 is 10.0 Å². The van der Waals surface area contributed by atoms with Crippen LogP contribution in [0.4, 0.5) is 5.69 Å². The fourth-order valence-electron chi connectivity index (χ4n) is 2.81. The SMILES string of the molecule is C=CS(=O)(=O)Nc1cccc(-c2cccc3[nH]cc(C)c23)c1C. The van der Waals surface area contributed by atoms with Crippen molar-refractivity contribution in [1.29, 1.82) is 0 Å². The second kappa shape index (κ2) is 5.59. The monoisotopic (exact) mass is 326 g/mol. The lowest BCUT2D eigenvalue weighted by atomic mass is 9.95. The predicted molar refractivity (Wildman–Crippen MR) is 95.9 cm³/mol. The Bertz CT molecular complexity index is 1000. The van der Waals surface area contributed by atoms with Crippen LogP contribution in [0.2, 0.25) is 0 Å². The predicted octanol–water partition coefficient (Wildman–Crippen LogP) is 4.34. The van der Waals surface area contributed by atoms with Gasteiger partial charge in [-0.25, -0.2) is 8.42 Å². The smallest absolute Gasteiger partial charge is 0.254 e. The summed E-state index contributed by atoms with van der Waals surface area (Å²) in [6.45, 7) is 7.30. The Labute approximate surface area is 135 Å². The number of H-pyrrole nitrogens is 1. The average Bonchev–Trinajstić information content (AvgIpc) is 2.91. The molecule has 0 unspecified atom stereocenters. The van der Waals surface area contributed by atoms with Crippen LogP contribution in [-0.2, 0) is 10.0 Å². The van der Waals surface area contributed by atoms with E-state index in [1.54, 1.807) is 6.07 Å². The summed E-state index contributed by atoms with van der Waals surface area (Å²) < 4.78 is 26.1. The molecule has 1 aromatic heterocycles. The number of aromatic amines is 1. The minimum atomic E-state index is -3.53. The number of benzene rings is 2. The molecule has 118 valence electrons. The molecule has 0 radical (unpaired) electrons. The highest BCUT2D eigenvalue weighted by atomic mass is 32.2. The van der Waals surface area contributed by atoms with Crippen LogP contribution in [0.3, 0.4) is 0 Å². The molecule has 2 N–H and O–H groups in total. The van der Waals surface area contributed by atoms with Crippen molar-refractivity contribution in [3.63, 3.8) is 0 Å². The van der Waals surface area contributed by atoms with Crippen molar-refractivity contribution in [2.24, 2.45) is 0 Å². The summed E-state index contributed by atoms with van der Waals surface area (Å²) in [5, 5.41) is 2.06. The largest absolute Gasteiger partial charge is 0.361 e. The number of anilines is 1. The molecule has 3 aromatic rings. The van der Waals surface area contributed by atoms with Gasteiger partial charge in [-0.2, -0.15) is 0 Å². The van der Waals surface area contributed by atoms with Gasteiger partial charge in [0.15, 0.2) is 0 Å². The van der Waals surface area contributed by atoms with Gasteiger partial charge in [-0.05, 0) is 48.2 Å². The minimum Gasteiger partial charge on any atom is -0.361 e. The van der Waals surface area contributed by atoms with Gasteiger partial charge < -0.3 is 4.98 Å². The van der Waals surface area contributed by atoms with E-state index in [4.69, 9.17) is 0 Å². The first-order valence-corrected chi connectivity index (χ1v) is 8.79. The first-order valence-electron chi connectivity index (χ1n) is 7.25. The molecule has 0 amide bonds. The molecule has 0 aliphatic heterocycles. The Morgan fingerprint density at radius 2 is 1.78 bits per heavy atom. The number of aromatic nitrogens is 1. The van der Waals surface area contributed by atoms with Gasteiger partial charge >= 0.3 is 0 Å². The summed E-state index contributed by atoms with van der Waals surface area (Å²) in [7, 11) is -3.53. The lowest BCUT2D eigenvalue weighted by Gasteiger charge is -2.14. The van der Waals surface area contributed by atoms with Gasteiger partial charge in [-0.15, -0.1) is 0 Å². The molecule has 0 aliphatic carbocycles. The van der Waals surface area contributed by atoms with E-state index in [0.717, 1.165) is 38.6 Å². The van der Waals surface area contributed by atoms with Gasteiger partial charge in [-0.3, -0.25) is 4.72 Å². The average molecular weight is 326 g/mol. The van der Waals surface area contributed by atoms with Crippen molar-refractivity contribution in [2.45, 2.75) is 13.8 Å². The van der Waals surface area contributed by atoms with Crippen LogP contribution in [0.15, 0.2) is 54.6 Å². The lowest BCUT2D eigenvalue weighted by Crippen LogP contribution is -2.09. The molecule has 1 heterocycles. The van der Waals surface area contributed by atoms with Gasteiger partial charge in [0.2, 0.25) is 0 Å². The van der Waals surface area contributed by atoms with Crippen molar-refractivity contribution in [2.75, 3.05) is 4.72 Å². The third-order valence-corrected chi connectivity index (χ3v) is 4.94. The molecule has 5 heteroatoms. The molecule has 0 saturated carbocycles. The highest BCUT2D eigenvalue weighted by molar-refractivity contribution is 7.95. The normalized spacial score (nSPS) is 11.6. The number of hydrogen-bond donors (Lipinski definition) is 2. The van der Waals surface area contributed by atoms with E-state index in [9.17, 15) is 8.42 Å². The zero-order valence-electron chi connectivity index (χ0n) is 13.1. The van der Waals surface area contributed by atoms with Crippen molar-refractivity contribution >= 4 is 26.6 Å². The minimum absolute atomic E-state index is 0.563. The first kappa shape index (κ1) is 15.4. The zero-order valence-corrected chi connectivity index (χ0v) is 13.9. The Hall–Kier alpha value is -2.53. The van der Waals surface area contributed by atoms with Crippen LogP contribution in [0.25, 0.3) is 22.0 Å². The molecule has 0 atom stereocenters. The van der Waals surface area contributed by atoms with Crippen LogP contribution in [0, 0.1) is 13.8 Å². The van der Waals surface area contributed by atoms with Crippen molar-refractivity contribution < 1.29 is 8.42 Å². The third kappa shape index (κ3) is 2.75. The van der Waals surface area contributed by atoms with Crippen molar-refractivity contribution in [3.05, 3.63) is 65.7 Å². The van der Waals surface area contributed by atoms with Gasteiger partial charge in [0.05, 0.1) is 5.69 Å². The maximum atomic E-state index is 11.8. The van der Waals surface area contributed by atoms with E-state index in [1.807, 2.05) is 37.4 Å². The molecule has 3 rings (SSSR count). The molecule has 0 saturated heterocycles. The number of rotatable bonds is 4. The molecule has 0 spiro atoms. The number of nitrogens with one attached hydrogen (secondary N) is 2. The van der Waals surface area contributed by atoms with Crippen LogP contribution in [0.5, 0.6) is 0 Å². The van der Waals surface area contributed by atoms with E-state index in [1.165, 1.54) is 0 Å².